The van der Waals surface area contributed by atoms with E-state index in [9.17, 15) is 18.7 Å². The lowest BCUT2D eigenvalue weighted by atomic mass is 10.1. The van der Waals surface area contributed by atoms with Crippen LogP contribution in [-0.2, 0) is 0 Å². The van der Waals surface area contributed by atoms with Crippen molar-refractivity contribution < 1.29 is 18.7 Å². The fourth-order valence-electron chi connectivity index (χ4n) is 1.54. The molecule has 0 fully saturated rings. The molecule has 0 saturated carbocycles. The smallest absolute Gasteiger partial charge is 0.259 e. The predicted octanol–water partition coefficient (Wildman–Crippen LogP) is 3.27. The minimum Gasteiger partial charge on any atom is -0.507 e. The van der Waals surface area contributed by atoms with Gasteiger partial charge in [-0.25, -0.2) is 8.78 Å². The first-order valence-corrected chi connectivity index (χ1v) is 6.22. The van der Waals surface area contributed by atoms with Crippen LogP contribution in [0.2, 0.25) is 0 Å². The highest BCUT2D eigenvalue weighted by Crippen LogP contribution is 2.25. The van der Waals surface area contributed by atoms with Crippen LogP contribution in [0.4, 0.5) is 20.2 Å². The number of benzene rings is 2. The molecular weight excluding hydrogens is 334 g/mol. The summed E-state index contributed by atoms with van der Waals surface area (Å²) < 4.78 is 27.1. The van der Waals surface area contributed by atoms with Crippen LogP contribution in [0.15, 0.2) is 34.8 Å². The normalized spacial score (nSPS) is 10.3. The van der Waals surface area contributed by atoms with Gasteiger partial charge in [0.15, 0.2) is 0 Å². The summed E-state index contributed by atoms with van der Waals surface area (Å²) in [5.41, 5.74) is 4.69. The van der Waals surface area contributed by atoms with Crippen LogP contribution in [-0.4, -0.2) is 11.0 Å². The maximum atomic E-state index is 13.5. The molecule has 0 radical (unpaired) electrons. The number of nitrogen functional groups attached to an aromatic ring is 1. The summed E-state index contributed by atoms with van der Waals surface area (Å²) in [7, 11) is 0. The largest absolute Gasteiger partial charge is 0.507 e. The molecule has 1 amide bonds. The Kier molecular flexibility index (Phi) is 3.89. The minimum absolute atomic E-state index is 0.0540. The highest BCUT2D eigenvalue weighted by Gasteiger charge is 2.15. The Bertz CT molecular complexity index is 692. The summed E-state index contributed by atoms with van der Waals surface area (Å²) in [5, 5.41) is 11.8. The summed E-state index contributed by atoms with van der Waals surface area (Å²) in [4.78, 5) is 11.9. The van der Waals surface area contributed by atoms with Gasteiger partial charge in [-0.1, -0.05) is 15.9 Å². The predicted molar refractivity (Wildman–Crippen MR) is 74.5 cm³/mol. The number of hydrogen-bond acceptors (Lipinski definition) is 3. The van der Waals surface area contributed by atoms with Gasteiger partial charge in [-0.05, 0) is 24.3 Å². The van der Waals surface area contributed by atoms with E-state index in [-0.39, 0.29) is 22.7 Å². The molecular formula is C13H9BrF2N2O2. The average Bonchev–Trinajstić information content (AvgIpc) is 2.38. The summed E-state index contributed by atoms with van der Waals surface area (Å²) in [5.74, 6) is -2.87. The Hall–Kier alpha value is -2.15. The number of anilines is 2. The lowest BCUT2D eigenvalue weighted by molar-refractivity contribution is 0.102. The van der Waals surface area contributed by atoms with Crippen LogP contribution in [0.5, 0.6) is 5.75 Å². The third-order valence-electron chi connectivity index (χ3n) is 2.54. The number of carbonyl (C=O) groups is 1. The second-order valence-electron chi connectivity index (χ2n) is 3.97. The van der Waals surface area contributed by atoms with Gasteiger partial charge in [0, 0.05) is 10.5 Å². The molecule has 0 heterocycles. The summed E-state index contributed by atoms with van der Waals surface area (Å²) in [6.07, 6.45) is 0. The number of nitrogens with two attached hydrogens (primary N) is 1. The van der Waals surface area contributed by atoms with E-state index in [4.69, 9.17) is 5.73 Å². The first-order valence-electron chi connectivity index (χ1n) is 5.43. The lowest BCUT2D eigenvalue weighted by Gasteiger charge is -2.09. The van der Waals surface area contributed by atoms with Crippen molar-refractivity contribution in [1.82, 2.24) is 0 Å². The Morgan fingerprint density at radius 3 is 2.60 bits per heavy atom. The molecule has 0 aromatic heterocycles. The number of phenols is 1. The zero-order valence-electron chi connectivity index (χ0n) is 9.95. The standard InChI is InChI=1S/C13H9BrF2N2O2/c14-6-1-2-12(19)7(3-6)13(20)18-11-5-10(17)8(15)4-9(11)16/h1-5,19H,17H2,(H,18,20). The van der Waals surface area contributed by atoms with Crippen LogP contribution in [0.25, 0.3) is 0 Å². The molecule has 7 heteroatoms. The van der Waals surface area contributed by atoms with E-state index < -0.39 is 17.5 Å². The Morgan fingerprint density at radius 1 is 1.20 bits per heavy atom. The molecule has 0 saturated heterocycles. The number of carbonyl (C=O) groups excluding carboxylic acids is 1. The van der Waals surface area contributed by atoms with Crippen molar-refractivity contribution in [1.29, 1.82) is 0 Å². The van der Waals surface area contributed by atoms with E-state index in [1.807, 2.05) is 0 Å². The number of halogens is 3. The number of aromatic hydroxyl groups is 1. The molecule has 4 N–H and O–H groups in total. The third-order valence-corrected chi connectivity index (χ3v) is 3.03. The Labute approximate surface area is 121 Å². The van der Waals surface area contributed by atoms with Gasteiger partial charge in [-0.3, -0.25) is 4.79 Å². The van der Waals surface area contributed by atoms with Gasteiger partial charge in [0.1, 0.15) is 17.4 Å². The minimum atomic E-state index is -0.959. The molecule has 0 bridgehead atoms. The molecule has 104 valence electrons. The van der Waals surface area contributed by atoms with E-state index in [0.29, 0.717) is 10.5 Å². The SMILES string of the molecule is Nc1cc(NC(=O)c2cc(Br)ccc2O)c(F)cc1F. The van der Waals surface area contributed by atoms with Gasteiger partial charge in [0.2, 0.25) is 0 Å². The van der Waals surface area contributed by atoms with Gasteiger partial charge in [-0.15, -0.1) is 0 Å². The first-order chi connectivity index (χ1) is 9.38. The van der Waals surface area contributed by atoms with Crippen LogP contribution in [0.3, 0.4) is 0 Å². The molecule has 4 nitrogen and oxygen atoms in total. The Balaban J connectivity index is 2.32. The highest BCUT2D eigenvalue weighted by molar-refractivity contribution is 9.10. The van der Waals surface area contributed by atoms with Crippen molar-refractivity contribution in [2.24, 2.45) is 0 Å². The van der Waals surface area contributed by atoms with Gasteiger partial charge in [0.25, 0.3) is 5.91 Å². The van der Waals surface area contributed by atoms with Gasteiger partial charge in [-0.2, -0.15) is 0 Å². The number of rotatable bonds is 2. The van der Waals surface area contributed by atoms with E-state index in [2.05, 4.69) is 21.2 Å². The summed E-state index contributed by atoms with van der Waals surface area (Å²) in [6, 6.07) is 5.77. The lowest BCUT2D eigenvalue weighted by Crippen LogP contribution is -2.14. The molecule has 2 rings (SSSR count). The molecule has 0 aliphatic carbocycles. The maximum Gasteiger partial charge on any atom is 0.259 e. The van der Waals surface area contributed by atoms with Crippen molar-refractivity contribution >= 4 is 33.2 Å². The van der Waals surface area contributed by atoms with Crippen molar-refractivity contribution in [3.05, 3.63) is 52.0 Å². The molecule has 0 atom stereocenters. The second kappa shape index (κ2) is 5.46. The van der Waals surface area contributed by atoms with Crippen molar-refractivity contribution in [2.45, 2.75) is 0 Å². The van der Waals surface area contributed by atoms with Crippen molar-refractivity contribution in [2.75, 3.05) is 11.1 Å². The van der Waals surface area contributed by atoms with E-state index in [1.165, 1.54) is 12.1 Å². The molecule has 0 aliphatic rings. The highest BCUT2D eigenvalue weighted by atomic mass is 79.9. The van der Waals surface area contributed by atoms with Crippen LogP contribution < -0.4 is 11.1 Å². The second-order valence-corrected chi connectivity index (χ2v) is 4.88. The molecule has 0 spiro atoms. The Morgan fingerprint density at radius 2 is 1.90 bits per heavy atom. The third kappa shape index (κ3) is 2.88. The van der Waals surface area contributed by atoms with Crippen molar-refractivity contribution in [3.63, 3.8) is 0 Å². The topological polar surface area (TPSA) is 75.3 Å². The average molecular weight is 343 g/mol. The fraction of sp³-hybridized carbons (Fsp3) is 0. The van der Waals surface area contributed by atoms with Gasteiger partial charge in [0.05, 0.1) is 16.9 Å². The van der Waals surface area contributed by atoms with Crippen molar-refractivity contribution in [3.8, 4) is 5.75 Å². The molecule has 2 aromatic rings. The summed E-state index contributed by atoms with van der Waals surface area (Å²) in [6.45, 7) is 0. The summed E-state index contributed by atoms with van der Waals surface area (Å²) >= 11 is 3.15. The van der Waals surface area contributed by atoms with Crippen LogP contribution >= 0.6 is 15.9 Å². The zero-order chi connectivity index (χ0) is 14.9. The number of hydrogen-bond donors (Lipinski definition) is 3. The van der Waals surface area contributed by atoms with E-state index in [0.717, 1.165) is 6.07 Å². The number of phenolic OH excluding ortho intramolecular Hbond substituents is 1. The van der Waals surface area contributed by atoms with Crippen LogP contribution in [0, 0.1) is 11.6 Å². The van der Waals surface area contributed by atoms with E-state index in [1.54, 1.807) is 6.07 Å². The van der Waals surface area contributed by atoms with Gasteiger partial charge < -0.3 is 16.2 Å². The molecule has 20 heavy (non-hydrogen) atoms. The first kappa shape index (κ1) is 14.3. The number of amides is 1. The van der Waals surface area contributed by atoms with Gasteiger partial charge >= 0.3 is 0 Å². The molecule has 0 aliphatic heterocycles. The maximum absolute atomic E-state index is 13.5. The number of nitrogens with one attached hydrogen (secondary N) is 1. The molecule has 2 aromatic carbocycles. The molecule has 0 unspecified atom stereocenters. The monoisotopic (exact) mass is 342 g/mol. The quantitative estimate of drug-likeness (QED) is 0.733. The van der Waals surface area contributed by atoms with Crippen LogP contribution in [0.1, 0.15) is 10.4 Å². The zero-order valence-corrected chi connectivity index (χ0v) is 11.5. The fourth-order valence-corrected chi connectivity index (χ4v) is 1.90. The van der Waals surface area contributed by atoms with E-state index >= 15 is 0 Å².